The van der Waals surface area contributed by atoms with Crippen molar-refractivity contribution in [1.82, 2.24) is 4.57 Å². The first-order chi connectivity index (χ1) is 20.2. The number of allylic oxidation sites excluding steroid dienone is 1. The van der Waals surface area contributed by atoms with Crippen molar-refractivity contribution in [2.45, 2.75) is 19.9 Å². The number of carbonyl (C=O) groups is 1. The number of nitrogens with zero attached hydrogens (tertiary/aromatic N) is 3. The van der Waals surface area contributed by atoms with E-state index in [1.807, 2.05) is 0 Å². The van der Waals surface area contributed by atoms with Crippen LogP contribution in [0.15, 0.2) is 74.0 Å². The molecule has 1 aliphatic rings. The van der Waals surface area contributed by atoms with Crippen molar-refractivity contribution in [3.8, 4) is 22.8 Å². The molecule has 42 heavy (non-hydrogen) atoms. The fraction of sp³-hybridized carbons (Fsp3) is 0.207. The molecule has 13 heteroatoms. The summed E-state index contributed by atoms with van der Waals surface area (Å²) in [6, 6.07) is 11.6. The normalized spacial score (nSPS) is 14.8. The van der Waals surface area contributed by atoms with E-state index in [0.717, 1.165) is 11.3 Å². The van der Waals surface area contributed by atoms with Crippen molar-refractivity contribution in [1.29, 1.82) is 0 Å². The standard InChI is InChI=1S/C29H24ClN3O8S/c1-5-40-28(35)25-15(2)31-29-32(26(25)16-6-10-22(38-3)23(12-16)39-4)27(34)24(42-29)14-18-8-11-21(41-18)19-13-17(33(36)37)7-9-20(19)30/h6-14,26H,5H2,1-4H3/b24-14-. The van der Waals surface area contributed by atoms with E-state index in [2.05, 4.69) is 4.99 Å². The van der Waals surface area contributed by atoms with Gasteiger partial charge >= 0.3 is 5.97 Å². The molecule has 0 N–H and O–H groups in total. The molecular formula is C29H24ClN3O8S. The zero-order chi connectivity index (χ0) is 30.1. The average Bonchev–Trinajstić information content (AvgIpc) is 3.56. The van der Waals surface area contributed by atoms with Crippen molar-refractivity contribution in [2.75, 3.05) is 20.8 Å². The summed E-state index contributed by atoms with van der Waals surface area (Å²) in [5.74, 6) is 0.952. The highest BCUT2D eigenvalue weighted by Crippen LogP contribution is 2.36. The quantitative estimate of drug-likeness (QED) is 0.160. The van der Waals surface area contributed by atoms with Crippen LogP contribution < -0.4 is 24.4 Å². The fourth-order valence-electron chi connectivity index (χ4n) is 4.65. The summed E-state index contributed by atoms with van der Waals surface area (Å²) in [6.07, 6.45) is 1.55. The van der Waals surface area contributed by atoms with Gasteiger partial charge in [-0.15, -0.1) is 0 Å². The third-order valence-electron chi connectivity index (χ3n) is 6.57. The molecule has 2 aromatic heterocycles. The number of halogens is 1. The molecule has 11 nitrogen and oxygen atoms in total. The first kappa shape index (κ1) is 28.8. The summed E-state index contributed by atoms with van der Waals surface area (Å²) >= 11 is 7.40. The lowest BCUT2D eigenvalue weighted by Crippen LogP contribution is -2.39. The second kappa shape index (κ2) is 11.7. The predicted octanol–water partition coefficient (Wildman–Crippen LogP) is 4.64. The number of non-ortho nitro benzene ring substituents is 1. The first-order valence-corrected chi connectivity index (χ1v) is 13.8. The summed E-state index contributed by atoms with van der Waals surface area (Å²) in [6.45, 7) is 3.54. The number of furan rings is 1. The van der Waals surface area contributed by atoms with E-state index >= 15 is 0 Å². The maximum Gasteiger partial charge on any atom is 0.338 e. The van der Waals surface area contributed by atoms with Gasteiger partial charge in [0, 0.05) is 23.8 Å². The molecule has 216 valence electrons. The van der Waals surface area contributed by atoms with E-state index in [9.17, 15) is 19.7 Å². The lowest BCUT2D eigenvalue weighted by Gasteiger charge is -2.25. The minimum Gasteiger partial charge on any atom is -0.493 e. The number of hydrogen-bond acceptors (Lipinski definition) is 10. The Morgan fingerprint density at radius 3 is 2.62 bits per heavy atom. The zero-order valence-electron chi connectivity index (χ0n) is 22.9. The molecular weight excluding hydrogens is 586 g/mol. The number of thiazole rings is 1. The summed E-state index contributed by atoms with van der Waals surface area (Å²) in [5, 5.41) is 11.5. The molecule has 5 rings (SSSR count). The van der Waals surface area contributed by atoms with Crippen LogP contribution >= 0.6 is 22.9 Å². The monoisotopic (exact) mass is 609 g/mol. The molecule has 1 atom stereocenters. The Kier molecular flexibility index (Phi) is 8.01. The molecule has 3 heterocycles. The van der Waals surface area contributed by atoms with Gasteiger partial charge in [0.15, 0.2) is 16.3 Å². The van der Waals surface area contributed by atoms with Crippen molar-refractivity contribution in [3.05, 3.63) is 106 Å². The number of aromatic nitrogens is 1. The molecule has 0 spiro atoms. The largest absolute Gasteiger partial charge is 0.493 e. The first-order valence-electron chi connectivity index (χ1n) is 12.6. The minimum atomic E-state index is -0.849. The van der Waals surface area contributed by atoms with Gasteiger partial charge in [0.2, 0.25) is 0 Å². The van der Waals surface area contributed by atoms with E-state index in [1.54, 1.807) is 50.3 Å². The summed E-state index contributed by atoms with van der Waals surface area (Å²) in [4.78, 5) is 42.7. The van der Waals surface area contributed by atoms with Crippen LogP contribution in [0.2, 0.25) is 5.02 Å². The van der Waals surface area contributed by atoms with E-state index in [1.165, 1.54) is 37.0 Å². The highest BCUT2D eigenvalue weighted by Gasteiger charge is 2.34. The molecule has 0 saturated carbocycles. The Bertz CT molecular complexity index is 1940. The van der Waals surface area contributed by atoms with Crippen molar-refractivity contribution in [2.24, 2.45) is 4.99 Å². The van der Waals surface area contributed by atoms with Crippen LogP contribution in [0, 0.1) is 10.1 Å². The Balaban J connectivity index is 1.65. The van der Waals surface area contributed by atoms with Crippen LogP contribution in [0.4, 0.5) is 5.69 Å². The van der Waals surface area contributed by atoms with Crippen LogP contribution in [0.3, 0.4) is 0 Å². The van der Waals surface area contributed by atoms with Gasteiger partial charge in [-0.05, 0) is 49.7 Å². The highest BCUT2D eigenvalue weighted by molar-refractivity contribution is 7.07. The number of nitro groups is 1. The van der Waals surface area contributed by atoms with Gasteiger partial charge in [-0.25, -0.2) is 9.79 Å². The third kappa shape index (κ3) is 5.21. The Morgan fingerprint density at radius 2 is 1.93 bits per heavy atom. The van der Waals surface area contributed by atoms with E-state index in [0.29, 0.717) is 49.2 Å². The van der Waals surface area contributed by atoms with Gasteiger partial charge in [-0.2, -0.15) is 0 Å². The summed E-state index contributed by atoms with van der Waals surface area (Å²) < 4.78 is 23.8. The van der Waals surface area contributed by atoms with Crippen molar-refractivity contribution >= 4 is 40.7 Å². The lowest BCUT2D eigenvalue weighted by molar-refractivity contribution is -0.384. The van der Waals surface area contributed by atoms with Crippen LogP contribution in [-0.2, 0) is 9.53 Å². The van der Waals surface area contributed by atoms with Crippen molar-refractivity contribution < 1.29 is 28.3 Å². The zero-order valence-corrected chi connectivity index (χ0v) is 24.4. The van der Waals surface area contributed by atoms with Gasteiger partial charge in [-0.1, -0.05) is 29.0 Å². The highest BCUT2D eigenvalue weighted by atomic mass is 35.5. The average molecular weight is 610 g/mol. The number of methoxy groups -OCH3 is 2. The molecule has 0 bridgehead atoms. The number of rotatable bonds is 8. The van der Waals surface area contributed by atoms with E-state index < -0.39 is 22.5 Å². The molecule has 2 aromatic carbocycles. The summed E-state index contributed by atoms with van der Waals surface area (Å²) in [7, 11) is 3.01. The molecule has 0 aliphatic carbocycles. The van der Waals surface area contributed by atoms with Crippen LogP contribution in [0.25, 0.3) is 17.4 Å². The van der Waals surface area contributed by atoms with Gasteiger partial charge < -0.3 is 18.6 Å². The smallest absolute Gasteiger partial charge is 0.338 e. The number of hydrogen-bond donors (Lipinski definition) is 0. The van der Waals surface area contributed by atoms with Gasteiger partial charge in [0.05, 0.1) is 52.6 Å². The SMILES string of the molecule is CCOC(=O)C1=C(C)N=c2s/c(=C\c3ccc(-c4cc([N+](=O)[O-])ccc4Cl)o3)c(=O)n2C1c1ccc(OC)c(OC)c1. The van der Waals surface area contributed by atoms with Crippen molar-refractivity contribution in [3.63, 3.8) is 0 Å². The Hall–Kier alpha value is -4.68. The van der Waals surface area contributed by atoms with E-state index in [4.69, 9.17) is 30.2 Å². The second-order valence-electron chi connectivity index (χ2n) is 9.04. The molecule has 4 aromatic rings. The number of esters is 1. The second-order valence-corrected chi connectivity index (χ2v) is 10.5. The number of carbonyl (C=O) groups excluding carboxylic acids is 1. The topological polar surface area (TPSA) is 135 Å². The maximum absolute atomic E-state index is 13.9. The number of nitro benzene ring substituents is 1. The molecule has 0 saturated heterocycles. The predicted molar refractivity (Wildman–Crippen MR) is 156 cm³/mol. The molecule has 0 fully saturated rings. The Labute approximate surface area is 247 Å². The number of benzene rings is 2. The van der Waals surface area contributed by atoms with Crippen LogP contribution in [0.1, 0.15) is 31.2 Å². The van der Waals surface area contributed by atoms with Gasteiger partial charge in [-0.3, -0.25) is 19.5 Å². The van der Waals surface area contributed by atoms with Crippen LogP contribution in [-0.4, -0.2) is 36.3 Å². The number of fused-ring (bicyclic) bond motifs is 1. The molecule has 0 radical (unpaired) electrons. The molecule has 1 aliphatic heterocycles. The molecule has 0 amide bonds. The van der Waals surface area contributed by atoms with Gasteiger partial charge in [0.1, 0.15) is 11.5 Å². The third-order valence-corrected chi connectivity index (χ3v) is 7.88. The van der Waals surface area contributed by atoms with Crippen LogP contribution in [0.5, 0.6) is 11.5 Å². The summed E-state index contributed by atoms with van der Waals surface area (Å²) in [5.41, 5.74) is 1.04. The molecule has 1 unspecified atom stereocenters. The maximum atomic E-state index is 13.9. The Morgan fingerprint density at radius 1 is 1.17 bits per heavy atom. The number of ether oxygens (including phenoxy) is 3. The lowest BCUT2D eigenvalue weighted by atomic mass is 9.95. The minimum absolute atomic E-state index is 0.136. The van der Waals surface area contributed by atoms with E-state index in [-0.39, 0.29) is 22.9 Å². The fourth-order valence-corrected chi connectivity index (χ4v) is 5.89. The van der Waals surface area contributed by atoms with Gasteiger partial charge in [0.25, 0.3) is 11.2 Å².